The number of amides is 1. The Morgan fingerprint density at radius 3 is 1.38 bits per heavy atom. The Morgan fingerprint density at radius 1 is 0.615 bits per heavy atom. The van der Waals surface area contributed by atoms with Crippen LogP contribution in [0, 0.1) is 0 Å². The van der Waals surface area contributed by atoms with E-state index in [9.17, 15) is 43.3 Å². The van der Waals surface area contributed by atoms with Crippen LogP contribution in [0.4, 0.5) is 0 Å². The SMILES string of the molecule is CCCCCCCCCCCCCCCCCCCCC/C=C/C(O)C(COC1OC(CO)C(O)C(OS(=O)(=O)O)C1O)NC(=O)C(O)CCCCCCCCCCCCCCCCC. The molecular weight excluding hydrogens is 851 g/mol. The first kappa shape index (κ1) is 61.8. The molecule has 1 aliphatic rings. The number of hydrogen-bond acceptors (Lipinski definition) is 11. The Hall–Kier alpha value is -1.20. The Kier molecular flexibility index (Phi) is 39.7. The van der Waals surface area contributed by atoms with E-state index in [1.807, 2.05) is 6.08 Å². The third-order valence-electron chi connectivity index (χ3n) is 12.9. The highest BCUT2D eigenvalue weighted by Crippen LogP contribution is 2.26. The summed E-state index contributed by atoms with van der Waals surface area (Å²) in [4.78, 5) is 13.2. The van der Waals surface area contributed by atoms with Gasteiger partial charge in [-0.3, -0.25) is 9.35 Å². The number of allylic oxidation sites excluding steroid dienone is 1. The molecule has 1 fully saturated rings. The van der Waals surface area contributed by atoms with Crippen LogP contribution in [0.1, 0.15) is 245 Å². The van der Waals surface area contributed by atoms with Gasteiger partial charge in [-0.25, -0.2) is 4.18 Å². The Balaban J connectivity index is 2.49. The molecule has 8 atom stereocenters. The summed E-state index contributed by atoms with van der Waals surface area (Å²) in [5, 5.41) is 55.4. The quantitative estimate of drug-likeness (QED) is 0.0173. The minimum atomic E-state index is -5.12. The molecule has 1 saturated heterocycles. The van der Waals surface area contributed by atoms with E-state index in [1.165, 1.54) is 173 Å². The van der Waals surface area contributed by atoms with Crippen LogP contribution >= 0.6 is 0 Å². The number of carbonyl (C=O) groups excluding carboxylic acids is 1. The summed E-state index contributed by atoms with van der Waals surface area (Å²) < 4.78 is 47.7. The van der Waals surface area contributed by atoms with Gasteiger partial charge < -0.3 is 40.3 Å². The van der Waals surface area contributed by atoms with Gasteiger partial charge >= 0.3 is 10.4 Å². The molecule has 386 valence electrons. The van der Waals surface area contributed by atoms with E-state index >= 15 is 0 Å². The first-order valence-electron chi connectivity index (χ1n) is 26.7. The molecule has 8 unspecified atom stereocenters. The molecule has 65 heavy (non-hydrogen) atoms. The lowest BCUT2D eigenvalue weighted by Gasteiger charge is -2.41. The maximum absolute atomic E-state index is 13.2. The molecule has 0 aromatic carbocycles. The summed E-state index contributed by atoms with van der Waals surface area (Å²) >= 11 is 0. The van der Waals surface area contributed by atoms with Crippen molar-refractivity contribution < 1.29 is 57.0 Å². The van der Waals surface area contributed by atoms with Gasteiger partial charge in [-0.05, 0) is 19.3 Å². The zero-order valence-electron chi connectivity index (χ0n) is 41.2. The van der Waals surface area contributed by atoms with Gasteiger partial charge in [0.25, 0.3) is 0 Å². The average molecular weight is 950 g/mol. The van der Waals surface area contributed by atoms with Crippen LogP contribution in [0.25, 0.3) is 0 Å². The smallest absolute Gasteiger partial charge is 0.394 e. The second-order valence-corrected chi connectivity index (χ2v) is 20.0. The summed E-state index contributed by atoms with van der Waals surface area (Å²) in [6.45, 7) is 3.25. The predicted molar refractivity (Wildman–Crippen MR) is 261 cm³/mol. The summed E-state index contributed by atoms with van der Waals surface area (Å²) in [6.07, 6.45) is 35.7. The molecule has 0 bridgehead atoms. The number of carbonyl (C=O) groups is 1. The number of rotatable bonds is 46. The van der Waals surface area contributed by atoms with Gasteiger partial charge in [-0.2, -0.15) is 8.42 Å². The van der Waals surface area contributed by atoms with Gasteiger partial charge in [0.15, 0.2) is 6.29 Å². The predicted octanol–water partition coefficient (Wildman–Crippen LogP) is 10.5. The van der Waals surface area contributed by atoms with E-state index in [-0.39, 0.29) is 6.42 Å². The van der Waals surface area contributed by atoms with Gasteiger partial charge in [0.1, 0.15) is 30.5 Å². The number of ether oxygens (including phenoxy) is 2. The Labute approximate surface area is 396 Å². The standard InChI is InChI=1S/C51H99NO12S/c1-3-5-7-9-11-13-15-17-19-20-21-22-23-24-26-27-29-31-33-35-37-39-44(54)43(42-62-51-48(57)49(64-65(59,60)61)47(56)46(41-53)63-51)52-50(58)45(55)40-38-36-34-32-30-28-25-18-16-14-12-10-8-6-4-2/h37,39,43-49,51,53-57H,3-36,38,40-42H2,1-2H3,(H,52,58)(H,59,60,61)/b39-37+. The molecule has 0 aromatic heterocycles. The fraction of sp³-hybridized carbons (Fsp3) is 0.941. The Morgan fingerprint density at radius 2 is 1.00 bits per heavy atom. The fourth-order valence-corrected chi connectivity index (χ4v) is 9.21. The molecule has 1 amide bonds. The normalized spacial score (nSPS) is 20.6. The third-order valence-corrected chi connectivity index (χ3v) is 13.4. The number of aliphatic hydroxyl groups is 5. The van der Waals surface area contributed by atoms with Gasteiger partial charge in [0.05, 0.1) is 25.4 Å². The second-order valence-electron chi connectivity index (χ2n) is 19.0. The van der Waals surface area contributed by atoms with E-state index in [0.29, 0.717) is 12.8 Å². The van der Waals surface area contributed by atoms with Crippen molar-refractivity contribution in [1.29, 1.82) is 0 Å². The molecule has 0 aromatic rings. The van der Waals surface area contributed by atoms with Crippen molar-refractivity contribution in [2.75, 3.05) is 13.2 Å². The van der Waals surface area contributed by atoms with Gasteiger partial charge in [-0.15, -0.1) is 0 Å². The topological polar surface area (TPSA) is 212 Å². The maximum atomic E-state index is 13.2. The van der Waals surface area contributed by atoms with Crippen LogP contribution in [-0.2, 0) is 28.9 Å². The van der Waals surface area contributed by atoms with E-state index in [0.717, 1.165) is 38.5 Å². The van der Waals surface area contributed by atoms with Crippen molar-refractivity contribution in [3.8, 4) is 0 Å². The zero-order valence-corrected chi connectivity index (χ0v) is 42.0. The highest BCUT2D eigenvalue weighted by atomic mass is 32.3. The summed E-state index contributed by atoms with van der Waals surface area (Å²) in [6, 6.07) is -1.12. The van der Waals surface area contributed by atoms with Crippen LogP contribution in [0.3, 0.4) is 0 Å². The molecule has 0 saturated carbocycles. The highest BCUT2D eigenvalue weighted by molar-refractivity contribution is 7.80. The van der Waals surface area contributed by atoms with Crippen molar-refractivity contribution in [3.05, 3.63) is 12.2 Å². The largest absolute Gasteiger partial charge is 0.397 e. The molecule has 7 N–H and O–H groups in total. The number of hydrogen-bond donors (Lipinski definition) is 7. The van der Waals surface area contributed by atoms with Crippen molar-refractivity contribution in [1.82, 2.24) is 5.32 Å². The van der Waals surface area contributed by atoms with Gasteiger partial charge in [0, 0.05) is 0 Å². The monoisotopic (exact) mass is 950 g/mol. The third kappa shape index (κ3) is 33.9. The van der Waals surface area contributed by atoms with Crippen molar-refractivity contribution in [2.45, 2.75) is 294 Å². The number of unbranched alkanes of at least 4 members (excludes halogenated alkanes) is 33. The molecule has 0 spiro atoms. The summed E-state index contributed by atoms with van der Waals surface area (Å²) in [5.41, 5.74) is 0. The fourth-order valence-electron chi connectivity index (χ4n) is 8.70. The lowest BCUT2D eigenvalue weighted by molar-refractivity contribution is -0.298. The summed E-state index contributed by atoms with van der Waals surface area (Å²) in [7, 11) is -5.12. The van der Waals surface area contributed by atoms with Crippen LogP contribution in [0.15, 0.2) is 12.2 Å². The van der Waals surface area contributed by atoms with Crippen molar-refractivity contribution in [3.63, 3.8) is 0 Å². The maximum Gasteiger partial charge on any atom is 0.397 e. The molecule has 1 rings (SSSR count). The number of nitrogens with one attached hydrogen (secondary N) is 1. The van der Waals surface area contributed by atoms with Gasteiger partial charge in [-0.1, -0.05) is 238 Å². The lowest BCUT2D eigenvalue weighted by Crippen LogP contribution is -2.61. The van der Waals surface area contributed by atoms with E-state index in [2.05, 4.69) is 23.3 Å². The molecular formula is C51H99NO12S. The van der Waals surface area contributed by atoms with E-state index in [4.69, 9.17) is 9.47 Å². The average Bonchev–Trinajstić information content (AvgIpc) is 3.28. The highest BCUT2D eigenvalue weighted by Gasteiger charge is 2.48. The lowest BCUT2D eigenvalue weighted by atomic mass is 9.99. The molecule has 1 aliphatic heterocycles. The van der Waals surface area contributed by atoms with Crippen molar-refractivity contribution >= 4 is 16.3 Å². The minimum Gasteiger partial charge on any atom is -0.394 e. The summed E-state index contributed by atoms with van der Waals surface area (Å²) in [5.74, 6) is -0.698. The van der Waals surface area contributed by atoms with Gasteiger partial charge in [0.2, 0.25) is 5.91 Å². The molecule has 14 heteroatoms. The Bertz CT molecular complexity index is 1230. The van der Waals surface area contributed by atoms with Crippen LogP contribution < -0.4 is 5.32 Å². The van der Waals surface area contributed by atoms with Crippen LogP contribution in [-0.4, -0.2) is 107 Å². The first-order chi connectivity index (χ1) is 31.4. The van der Waals surface area contributed by atoms with Crippen LogP contribution in [0.5, 0.6) is 0 Å². The molecule has 0 radical (unpaired) electrons. The zero-order chi connectivity index (χ0) is 47.8. The molecule has 1 heterocycles. The van der Waals surface area contributed by atoms with Crippen molar-refractivity contribution in [2.24, 2.45) is 0 Å². The molecule has 0 aliphatic carbocycles. The van der Waals surface area contributed by atoms with E-state index in [1.54, 1.807) is 6.08 Å². The number of aliphatic hydroxyl groups excluding tert-OH is 5. The molecule has 13 nitrogen and oxygen atoms in total. The second kappa shape index (κ2) is 41.7. The minimum absolute atomic E-state index is 0.248. The first-order valence-corrected chi connectivity index (χ1v) is 28.0. The van der Waals surface area contributed by atoms with Crippen LogP contribution in [0.2, 0.25) is 0 Å². The van der Waals surface area contributed by atoms with E-state index < -0.39 is 78.5 Å².